The van der Waals surface area contributed by atoms with Crippen molar-refractivity contribution < 1.29 is 10.2 Å². The summed E-state index contributed by atoms with van der Waals surface area (Å²) < 4.78 is 1.82. The largest absolute Gasteiger partial charge is 0.335 e. The Morgan fingerprint density at radius 2 is 1.93 bits per heavy atom. The molecule has 2 heterocycles. The molecule has 27 heavy (non-hydrogen) atoms. The molecule has 0 bridgehead atoms. The van der Waals surface area contributed by atoms with Crippen molar-refractivity contribution in [2.75, 3.05) is 19.6 Å². The number of para-hydroxylation sites is 1. The van der Waals surface area contributed by atoms with Gasteiger partial charge in [-0.1, -0.05) is 29.8 Å². The standard InChI is InChI=1S/C22H26N4O/c1-15-8-10-18(11-9-15)26-21(17(3)25-13-12-23-16(2)14-25)24-20-7-5-4-6-19(20)22(26)27/h4-11,16-17,23H,12-14H2,1-3H3/p+2/t16-,17-/m1/s1. The number of nitrogens with two attached hydrogens (primary N) is 1. The first-order valence-electron chi connectivity index (χ1n) is 9.81. The number of fused-ring (bicyclic) bond motifs is 1. The van der Waals surface area contributed by atoms with E-state index >= 15 is 0 Å². The van der Waals surface area contributed by atoms with Gasteiger partial charge in [0.05, 0.1) is 16.6 Å². The fraction of sp³-hybridized carbons (Fsp3) is 0.364. The monoisotopic (exact) mass is 364 g/mol. The number of rotatable bonds is 3. The summed E-state index contributed by atoms with van der Waals surface area (Å²) in [6, 6.07) is 16.5. The lowest BCUT2D eigenvalue weighted by molar-refractivity contribution is -0.979. The summed E-state index contributed by atoms with van der Waals surface area (Å²) in [5.74, 6) is 0.853. The van der Waals surface area contributed by atoms with E-state index in [4.69, 9.17) is 4.98 Å². The van der Waals surface area contributed by atoms with E-state index in [1.165, 1.54) is 10.5 Å². The Morgan fingerprint density at radius 1 is 1.19 bits per heavy atom. The van der Waals surface area contributed by atoms with Crippen molar-refractivity contribution in [2.45, 2.75) is 32.9 Å². The highest BCUT2D eigenvalue weighted by molar-refractivity contribution is 5.77. The molecule has 0 amide bonds. The van der Waals surface area contributed by atoms with Crippen LogP contribution in [0.25, 0.3) is 16.6 Å². The molecule has 0 saturated carbocycles. The predicted molar refractivity (Wildman–Crippen MR) is 107 cm³/mol. The van der Waals surface area contributed by atoms with Crippen molar-refractivity contribution in [3.63, 3.8) is 0 Å². The summed E-state index contributed by atoms with van der Waals surface area (Å²) in [6.07, 6.45) is 0. The minimum absolute atomic E-state index is 0.0160. The summed E-state index contributed by atoms with van der Waals surface area (Å²) >= 11 is 0. The van der Waals surface area contributed by atoms with Gasteiger partial charge in [0.1, 0.15) is 31.7 Å². The molecule has 140 valence electrons. The highest BCUT2D eigenvalue weighted by atomic mass is 16.1. The second kappa shape index (κ2) is 7.25. The van der Waals surface area contributed by atoms with Crippen molar-refractivity contribution >= 4 is 10.9 Å². The first kappa shape index (κ1) is 17.9. The molecule has 0 aliphatic carbocycles. The van der Waals surface area contributed by atoms with Crippen molar-refractivity contribution in [1.29, 1.82) is 0 Å². The molecule has 0 radical (unpaired) electrons. The van der Waals surface area contributed by atoms with E-state index < -0.39 is 0 Å². The van der Waals surface area contributed by atoms with Crippen LogP contribution in [0, 0.1) is 6.92 Å². The minimum atomic E-state index is 0.0160. The average Bonchev–Trinajstić information content (AvgIpc) is 2.68. The number of hydrogen-bond donors (Lipinski definition) is 2. The van der Waals surface area contributed by atoms with Crippen LogP contribution in [0.5, 0.6) is 0 Å². The van der Waals surface area contributed by atoms with Crippen LogP contribution < -0.4 is 15.8 Å². The van der Waals surface area contributed by atoms with Gasteiger partial charge in [-0.25, -0.2) is 4.98 Å². The number of benzene rings is 2. The van der Waals surface area contributed by atoms with Gasteiger partial charge in [-0.05, 0) is 45.0 Å². The van der Waals surface area contributed by atoms with Gasteiger partial charge < -0.3 is 10.2 Å². The summed E-state index contributed by atoms with van der Waals surface area (Å²) in [6.45, 7) is 9.81. The molecule has 5 heteroatoms. The molecule has 3 atom stereocenters. The van der Waals surface area contributed by atoms with Crippen molar-refractivity contribution in [3.8, 4) is 5.69 Å². The number of piperazine rings is 1. The molecule has 1 aliphatic heterocycles. The molecule has 3 N–H and O–H groups in total. The number of nitrogens with one attached hydrogen (secondary N) is 1. The maximum Gasteiger partial charge on any atom is 0.266 e. The van der Waals surface area contributed by atoms with Gasteiger partial charge in [0.25, 0.3) is 5.56 Å². The Hall–Kier alpha value is -2.50. The second-order valence-corrected chi connectivity index (χ2v) is 7.80. The molecule has 1 aliphatic rings. The van der Waals surface area contributed by atoms with Gasteiger partial charge in [-0.2, -0.15) is 0 Å². The van der Waals surface area contributed by atoms with Crippen LogP contribution in [-0.2, 0) is 0 Å². The molecule has 0 spiro atoms. The number of quaternary nitrogens is 2. The van der Waals surface area contributed by atoms with Crippen LogP contribution in [0.1, 0.15) is 31.3 Å². The molecule has 1 unspecified atom stereocenters. The summed E-state index contributed by atoms with van der Waals surface area (Å²) in [7, 11) is 0. The third-order valence-electron chi connectivity index (χ3n) is 5.71. The maximum atomic E-state index is 13.4. The van der Waals surface area contributed by atoms with E-state index in [1.54, 1.807) is 0 Å². The Labute approximate surface area is 159 Å². The molecule has 5 nitrogen and oxygen atoms in total. The molecule has 4 rings (SSSR count). The van der Waals surface area contributed by atoms with Crippen molar-refractivity contribution in [2.24, 2.45) is 0 Å². The smallest absolute Gasteiger partial charge is 0.266 e. The number of hydrogen-bond acceptors (Lipinski definition) is 2. The van der Waals surface area contributed by atoms with E-state index in [2.05, 4.69) is 38.2 Å². The highest BCUT2D eigenvalue weighted by Crippen LogP contribution is 2.17. The lowest BCUT2D eigenvalue weighted by Crippen LogP contribution is -3.22. The van der Waals surface area contributed by atoms with E-state index in [0.717, 1.165) is 36.7 Å². The van der Waals surface area contributed by atoms with Crippen molar-refractivity contribution in [1.82, 2.24) is 9.55 Å². The van der Waals surface area contributed by atoms with Crippen LogP contribution in [0.4, 0.5) is 0 Å². The Balaban J connectivity index is 1.91. The lowest BCUT2D eigenvalue weighted by atomic mass is 10.1. The number of aromatic nitrogens is 2. The maximum absolute atomic E-state index is 13.4. The summed E-state index contributed by atoms with van der Waals surface area (Å²) in [5.41, 5.74) is 2.87. The fourth-order valence-electron chi connectivity index (χ4n) is 4.11. The van der Waals surface area contributed by atoms with E-state index in [1.807, 2.05) is 41.0 Å². The van der Waals surface area contributed by atoms with Gasteiger partial charge in [0.15, 0.2) is 5.82 Å². The predicted octanol–water partition coefficient (Wildman–Crippen LogP) is 0.606. The SMILES string of the molecule is Cc1ccc(-n2c([C@@H](C)[NH+]3CC[NH2+][C@H](C)C3)nc3ccccc3c2=O)cc1. The first-order valence-corrected chi connectivity index (χ1v) is 9.81. The Morgan fingerprint density at radius 3 is 2.67 bits per heavy atom. The summed E-state index contributed by atoms with van der Waals surface area (Å²) in [5, 5.41) is 3.07. The van der Waals surface area contributed by atoms with Gasteiger partial charge >= 0.3 is 0 Å². The van der Waals surface area contributed by atoms with Crippen LogP contribution >= 0.6 is 0 Å². The third kappa shape index (κ3) is 3.40. The van der Waals surface area contributed by atoms with Gasteiger partial charge in [0.2, 0.25) is 0 Å². The molecule has 3 aromatic rings. The normalized spacial score (nSPS) is 21.3. The van der Waals surface area contributed by atoms with Gasteiger partial charge in [0, 0.05) is 0 Å². The molecular weight excluding hydrogens is 336 g/mol. The fourth-order valence-corrected chi connectivity index (χ4v) is 4.11. The van der Waals surface area contributed by atoms with Crippen LogP contribution in [0.3, 0.4) is 0 Å². The van der Waals surface area contributed by atoms with Crippen molar-refractivity contribution in [3.05, 3.63) is 70.3 Å². The zero-order chi connectivity index (χ0) is 19.0. The van der Waals surface area contributed by atoms with Crippen LogP contribution in [-0.4, -0.2) is 35.2 Å². The van der Waals surface area contributed by atoms with Gasteiger partial charge in [-0.15, -0.1) is 0 Å². The van der Waals surface area contributed by atoms with Crippen LogP contribution in [0.15, 0.2) is 53.3 Å². The van der Waals surface area contributed by atoms with E-state index in [0.29, 0.717) is 11.4 Å². The quantitative estimate of drug-likeness (QED) is 0.715. The number of aryl methyl sites for hydroxylation is 1. The van der Waals surface area contributed by atoms with Crippen LogP contribution in [0.2, 0.25) is 0 Å². The molecule has 1 fully saturated rings. The van der Waals surface area contributed by atoms with E-state index in [9.17, 15) is 4.79 Å². The van der Waals surface area contributed by atoms with Gasteiger partial charge in [-0.3, -0.25) is 9.36 Å². The highest BCUT2D eigenvalue weighted by Gasteiger charge is 2.31. The average molecular weight is 364 g/mol. The Bertz CT molecular complexity index is 1010. The summed E-state index contributed by atoms with van der Waals surface area (Å²) in [4.78, 5) is 19.9. The topological polar surface area (TPSA) is 55.9 Å². The molecule has 1 saturated heterocycles. The molecule has 1 aromatic heterocycles. The molecular formula is C22H28N4O+2. The minimum Gasteiger partial charge on any atom is -0.335 e. The lowest BCUT2D eigenvalue weighted by Gasteiger charge is -2.31. The molecule has 2 aromatic carbocycles. The second-order valence-electron chi connectivity index (χ2n) is 7.80. The third-order valence-corrected chi connectivity index (χ3v) is 5.71. The Kier molecular flexibility index (Phi) is 4.81. The zero-order valence-electron chi connectivity index (χ0n) is 16.3. The van der Waals surface area contributed by atoms with E-state index in [-0.39, 0.29) is 11.6 Å². The zero-order valence-corrected chi connectivity index (χ0v) is 16.3. The number of nitrogens with zero attached hydrogens (tertiary/aromatic N) is 2. The first-order chi connectivity index (χ1) is 13.0.